The molecule has 36 heavy (non-hydrogen) atoms. The lowest BCUT2D eigenvalue weighted by atomic mass is 10.1. The van der Waals surface area contributed by atoms with Gasteiger partial charge < -0.3 is 30.5 Å². The second-order valence-corrected chi connectivity index (χ2v) is 7.56. The van der Waals surface area contributed by atoms with Gasteiger partial charge in [-0.2, -0.15) is 4.73 Å². The number of aromatic nitrogens is 1. The SMILES string of the molecule is COc1cc(OC(F)(F)F)ccc1Oc1cc(Cl)cc(F)c1C(=O)Nc1cc(C(N)=O)[n+]([O-])cc1C. The van der Waals surface area contributed by atoms with E-state index in [1.807, 2.05) is 0 Å². The summed E-state index contributed by atoms with van der Waals surface area (Å²) in [5.41, 5.74) is 4.23. The van der Waals surface area contributed by atoms with Crippen LogP contribution in [0, 0.1) is 17.9 Å². The number of anilines is 1. The van der Waals surface area contributed by atoms with Crippen LogP contribution in [0.25, 0.3) is 0 Å². The number of benzene rings is 2. The summed E-state index contributed by atoms with van der Waals surface area (Å²) < 4.78 is 67.0. The maximum absolute atomic E-state index is 14.8. The molecule has 0 aliphatic heterocycles. The highest BCUT2D eigenvalue weighted by atomic mass is 35.5. The van der Waals surface area contributed by atoms with Gasteiger partial charge in [0.2, 0.25) is 0 Å². The molecule has 2 amide bonds. The van der Waals surface area contributed by atoms with Gasteiger partial charge in [0, 0.05) is 28.8 Å². The topological polar surface area (TPSA) is 127 Å². The Morgan fingerprint density at radius 3 is 2.42 bits per heavy atom. The van der Waals surface area contributed by atoms with Gasteiger partial charge in [-0.3, -0.25) is 9.59 Å². The van der Waals surface area contributed by atoms with E-state index < -0.39 is 46.8 Å². The first-order chi connectivity index (χ1) is 16.8. The molecule has 0 fully saturated rings. The first-order valence-electron chi connectivity index (χ1n) is 9.74. The van der Waals surface area contributed by atoms with Crippen molar-refractivity contribution in [2.75, 3.05) is 12.4 Å². The van der Waals surface area contributed by atoms with Crippen LogP contribution in [0.2, 0.25) is 5.02 Å². The van der Waals surface area contributed by atoms with Crippen molar-refractivity contribution < 1.29 is 46.1 Å². The highest BCUT2D eigenvalue weighted by Crippen LogP contribution is 2.39. The van der Waals surface area contributed by atoms with Gasteiger partial charge in [0.15, 0.2) is 17.7 Å². The number of hydrogen-bond donors (Lipinski definition) is 2. The Bertz CT molecular complexity index is 1350. The average Bonchev–Trinajstić information content (AvgIpc) is 2.74. The molecular weight excluding hydrogens is 514 g/mol. The van der Waals surface area contributed by atoms with Gasteiger partial charge in [0.05, 0.1) is 12.8 Å². The molecule has 0 aliphatic carbocycles. The van der Waals surface area contributed by atoms with Gasteiger partial charge >= 0.3 is 12.3 Å². The number of rotatable bonds is 7. The molecule has 0 spiro atoms. The summed E-state index contributed by atoms with van der Waals surface area (Å²) in [5.74, 6) is -4.67. The lowest BCUT2D eigenvalue weighted by Gasteiger charge is -2.16. The lowest BCUT2D eigenvalue weighted by Crippen LogP contribution is -2.37. The second-order valence-electron chi connectivity index (χ2n) is 7.12. The molecule has 0 aliphatic rings. The number of primary amides is 1. The Kier molecular flexibility index (Phi) is 7.43. The molecule has 3 rings (SSSR count). The highest BCUT2D eigenvalue weighted by Gasteiger charge is 2.31. The van der Waals surface area contributed by atoms with Gasteiger partial charge in [-0.05, 0) is 25.1 Å². The molecule has 0 bridgehead atoms. The molecule has 0 saturated heterocycles. The molecule has 0 atom stereocenters. The minimum absolute atomic E-state index is 0.0209. The maximum atomic E-state index is 14.8. The summed E-state index contributed by atoms with van der Waals surface area (Å²) in [6.45, 7) is 1.44. The Morgan fingerprint density at radius 1 is 1.11 bits per heavy atom. The summed E-state index contributed by atoms with van der Waals surface area (Å²) in [7, 11) is 1.14. The number of methoxy groups -OCH3 is 1. The zero-order valence-corrected chi connectivity index (χ0v) is 19.2. The number of alkyl halides is 3. The van der Waals surface area contributed by atoms with Crippen molar-refractivity contribution in [2.45, 2.75) is 13.3 Å². The number of aryl methyl sites for hydroxylation is 1. The Labute approximate surface area is 205 Å². The fourth-order valence-corrected chi connectivity index (χ4v) is 3.22. The molecular formula is C22H16ClF4N3O6. The zero-order valence-electron chi connectivity index (χ0n) is 18.4. The molecule has 2 aromatic carbocycles. The number of halogens is 5. The van der Waals surface area contributed by atoms with Crippen molar-refractivity contribution >= 4 is 29.1 Å². The van der Waals surface area contributed by atoms with Gasteiger partial charge in [-0.15, -0.1) is 13.2 Å². The van der Waals surface area contributed by atoms with E-state index in [4.69, 9.17) is 26.8 Å². The Hall–Kier alpha value is -4.26. The van der Waals surface area contributed by atoms with Crippen molar-refractivity contribution in [1.29, 1.82) is 0 Å². The van der Waals surface area contributed by atoms with Crippen LogP contribution in [0.5, 0.6) is 23.0 Å². The number of nitrogens with one attached hydrogen (secondary N) is 1. The van der Waals surface area contributed by atoms with Crippen LogP contribution in [0.15, 0.2) is 42.6 Å². The van der Waals surface area contributed by atoms with Crippen LogP contribution in [0.4, 0.5) is 23.2 Å². The van der Waals surface area contributed by atoms with Crippen LogP contribution < -0.4 is 30.0 Å². The predicted octanol–water partition coefficient (Wildman–Crippen LogP) is 4.47. The third-order valence-electron chi connectivity index (χ3n) is 4.59. The summed E-state index contributed by atoms with van der Waals surface area (Å²) in [6, 6.07) is 5.78. The van der Waals surface area contributed by atoms with Crippen LogP contribution in [-0.2, 0) is 0 Å². The van der Waals surface area contributed by atoms with E-state index >= 15 is 0 Å². The Morgan fingerprint density at radius 2 is 1.81 bits per heavy atom. The maximum Gasteiger partial charge on any atom is 0.573 e. The van der Waals surface area contributed by atoms with Crippen molar-refractivity contribution in [1.82, 2.24) is 0 Å². The molecule has 3 aromatic rings. The van der Waals surface area contributed by atoms with E-state index in [9.17, 15) is 32.4 Å². The van der Waals surface area contributed by atoms with Crippen LogP contribution in [0.1, 0.15) is 26.4 Å². The number of nitrogens with two attached hydrogens (primary N) is 1. The normalized spacial score (nSPS) is 11.1. The summed E-state index contributed by atoms with van der Waals surface area (Å²) in [5, 5.41) is 14.0. The molecule has 1 aromatic heterocycles. The first-order valence-corrected chi connectivity index (χ1v) is 10.1. The van der Waals surface area contributed by atoms with Crippen molar-refractivity contribution in [3.8, 4) is 23.0 Å². The number of ether oxygens (including phenoxy) is 3. The number of hydrogen-bond acceptors (Lipinski definition) is 6. The van der Waals surface area contributed by atoms with Crippen molar-refractivity contribution in [2.24, 2.45) is 5.73 Å². The summed E-state index contributed by atoms with van der Waals surface area (Å²) >= 11 is 5.91. The zero-order chi connectivity index (χ0) is 26.8. The quantitative estimate of drug-likeness (QED) is 0.264. The lowest BCUT2D eigenvalue weighted by molar-refractivity contribution is -0.607. The molecule has 0 radical (unpaired) electrons. The highest BCUT2D eigenvalue weighted by molar-refractivity contribution is 6.31. The van der Waals surface area contributed by atoms with E-state index in [1.165, 1.54) is 6.92 Å². The van der Waals surface area contributed by atoms with E-state index in [1.54, 1.807) is 0 Å². The average molecular weight is 530 g/mol. The molecule has 9 nitrogen and oxygen atoms in total. The van der Waals surface area contributed by atoms with E-state index in [0.29, 0.717) is 0 Å². The van der Waals surface area contributed by atoms with Crippen molar-refractivity contribution in [3.05, 3.63) is 75.5 Å². The van der Waals surface area contributed by atoms with Crippen LogP contribution >= 0.6 is 11.6 Å². The second kappa shape index (κ2) is 10.2. The fraction of sp³-hybridized carbons (Fsp3) is 0.136. The number of carbonyl (C=O) groups is 2. The smallest absolute Gasteiger partial charge is 0.573 e. The summed E-state index contributed by atoms with van der Waals surface area (Å²) in [6.07, 6.45) is -3.97. The molecule has 1 heterocycles. The van der Waals surface area contributed by atoms with E-state index in [0.717, 1.165) is 49.7 Å². The summed E-state index contributed by atoms with van der Waals surface area (Å²) in [4.78, 5) is 24.5. The van der Waals surface area contributed by atoms with Gasteiger partial charge in [-0.25, -0.2) is 4.39 Å². The molecule has 14 heteroatoms. The standard InChI is InChI=1S/C22H16ClF4N3O6/c1-10-9-30(33)15(20(28)31)8-14(10)29-21(32)19-13(24)5-11(23)6-18(19)35-16-4-3-12(7-17(16)34-2)36-22(25,26)27/h3-9H,1-2H3,(H2,28,31)(H,29,32). The molecule has 0 unspecified atom stereocenters. The van der Waals surface area contributed by atoms with Crippen LogP contribution in [0.3, 0.4) is 0 Å². The van der Waals surface area contributed by atoms with Gasteiger partial charge in [-0.1, -0.05) is 11.6 Å². The molecule has 0 saturated carbocycles. The third kappa shape index (κ3) is 6.05. The van der Waals surface area contributed by atoms with Gasteiger partial charge in [0.1, 0.15) is 22.9 Å². The monoisotopic (exact) mass is 529 g/mol. The number of pyridine rings is 1. The number of carbonyl (C=O) groups excluding carboxylic acids is 2. The van der Waals surface area contributed by atoms with Gasteiger partial charge in [0.25, 0.3) is 11.6 Å². The first kappa shape index (κ1) is 26.3. The van der Waals surface area contributed by atoms with Crippen molar-refractivity contribution in [3.63, 3.8) is 0 Å². The molecule has 3 N–H and O–H groups in total. The van der Waals surface area contributed by atoms with Crippen LogP contribution in [-0.4, -0.2) is 25.3 Å². The third-order valence-corrected chi connectivity index (χ3v) is 4.81. The number of amides is 2. The Balaban J connectivity index is 2.00. The fourth-order valence-electron chi connectivity index (χ4n) is 3.03. The van der Waals surface area contributed by atoms with E-state index in [2.05, 4.69) is 10.1 Å². The number of nitrogens with zero attached hydrogens (tertiary/aromatic N) is 1. The minimum atomic E-state index is -4.95. The minimum Gasteiger partial charge on any atom is -0.618 e. The largest absolute Gasteiger partial charge is 0.618 e. The predicted molar refractivity (Wildman–Crippen MR) is 118 cm³/mol. The van der Waals surface area contributed by atoms with E-state index in [-0.39, 0.29) is 32.5 Å². The molecule has 190 valence electrons.